The van der Waals surface area contributed by atoms with Crippen LogP contribution in [0.3, 0.4) is 0 Å². The number of hydrogen-bond donors (Lipinski definition) is 1. The molecule has 112 valence electrons. The molecule has 3 heteroatoms. The zero-order valence-electron chi connectivity index (χ0n) is 12.9. The Morgan fingerprint density at radius 1 is 1.05 bits per heavy atom. The molecule has 2 unspecified atom stereocenters. The van der Waals surface area contributed by atoms with Gasteiger partial charge in [-0.3, -0.25) is 0 Å². The summed E-state index contributed by atoms with van der Waals surface area (Å²) in [5.74, 6) is 0. The van der Waals surface area contributed by atoms with Gasteiger partial charge in [-0.25, -0.2) is 0 Å². The maximum atomic E-state index is 6.31. The van der Waals surface area contributed by atoms with Crippen LogP contribution in [0, 0.1) is 5.41 Å². The Labute approximate surface area is 118 Å². The fraction of sp³-hybridized carbons (Fsp3) is 1.00. The van der Waals surface area contributed by atoms with E-state index in [1.165, 1.54) is 38.5 Å². The van der Waals surface area contributed by atoms with Gasteiger partial charge in [0.2, 0.25) is 0 Å². The Balaban J connectivity index is 1.77. The summed E-state index contributed by atoms with van der Waals surface area (Å²) in [5.41, 5.74) is 6.53. The first-order chi connectivity index (χ1) is 8.94. The molecular weight excluding hydrogens is 238 g/mol. The standard InChI is InChI=1S/C16H31NO2/c1-15(2,3)19-11-10-18-14-12-13(17)16(14)8-6-4-5-7-9-16/h13-14H,4-12,17H2,1-3H3. The van der Waals surface area contributed by atoms with Crippen molar-refractivity contribution in [3.63, 3.8) is 0 Å². The monoisotopic (exact) mass is 269 g/mol. The molecule has 3 nitrogen and oxygen atoms in total. The van der Waals surface area contributed by atoms with Crippen LogP contribution in [0.1, 0.15) is 65.7 Å². The Bertz CT molecular complexity index is 277. The number of hydrogen-bond acceptors (Lipinski definition) is 3. The molecule has 0 heterocycles. The summed E-state index contributed by atoms with van der Waals surface area (Å²) in [6, 6.07) is 0.360. The average Bonchev–Trinajstić information content (AvgIpc) is 2.59. The predicted octanol–water partition coefficient (Wildman–Crippen LogP) is 3.26. The van der Waals surface area contributed by atoms with Crippen molar-refractivity contribution in [3.05, 3.63) is 0 Å². The minimum absolute atomic E-state index is 0.0701. The van der Waals surface area contributed by atoms with Gasteiger partial charge in [0.15, 0.2) is 0 Å². The lowest BCUT2D eigenvalue weighted by Crippen LogP contribution is -2.62. The maximum Gasteiger partial charge on any atom is 0.0707 e. The van der Waals surface area contributed by atoms with Crippen molar-refractivity contribution in [3.8, 4) is 0 Å². The molecule has 2 N–H and O–H groups in total. The largest absolute Gasteiger partial charge is 0.375 e. The lowest BCUT2D eigenvalue weighted by atomic mass is 9.58. The van der Waals surface area contributed by atoms with Gasteiger partial charge in [0.05, 0.1) is 24.9 Å². The van der Waals surface area contributed by atoms with E-state index in [0.717, 1.165) is 6.42 Å². The molecule has 2 rings (SSSR count). The Morgan fingerprint density at radius 2 is 1.68 bits per heavy atom. The summed E-state index contributed by atoms with van der Waals surface area (Å²) >= 11 is 0. The normalized spacial score (nSPS) is 30.9. The second kappa shape index (κ2) is 6.11. The fourth-order valence-corrected chi connectivity index (χ4v) is 3.63. The van der Waals surface area contributed by atoms with Crippen LogP contribution in [-0.2, 0) is 9.47 Å². The van der Waals surface area contributed by atoms with Crippen molar-refractivity contribution in [2.24, 2.45) is 11.1 Å². The number of rotatable bonds is 4. The Morgan fingerprint density at radius 3 is 2.21 bits per heavy atom. The van der Waals surface area contributed by atoms with E-state index in [1.807, 2.05) is 0 Å². The molecule has 1 spiro atoms. The molecule has 2 aliphatic carbocycles. The van der Waals surface area contributed by atoms with Gasteiger partial charge in [-0.1, -0.05) is 25.7 Å². The fourth-order valence-electron chi connectivity index (χ4n) is 3.63. The van der Waals surface area contributed by atoms with Crippen LogP contribution in [0.5, 0.6) is 0 Å². The van der Waals surface area contributed by atoms with Gasteiger partial charge in [0.25, 0.3) is 0 Å². The zero-order valence-corrected chi connectivity index (χ0v) is 12.9. The van der Waals surface area contributed by atoms with Crippen molar-refractivity contribution in [2.45, 2.75) is 83.5 Å². The molecule has 0 saturated heterocycles. The van der Waals surface area contributed by atoms with Crippen LogP contribution >= 0.6 is 0 Å². The van der Waals surface area contributed by atoms with Crippen LogP contribution in [0.25, 0.3) is 0 Å². The molecule has 2 atom stereocenters. The third-order valence-electron chi connectivity index (χ3n) is 4.82. The van der Waals surface area contributed by atoms with Crippen LogP contribution < -0.4 is 5.73 Å². The van der Waals surface area contributed by atoms with Gasteiger partial charge >= 0.3 is 0 Å². The molecule has 2 aliphatic rings. The highest BCUT2D eigenvalue weighted by atomic mass is 16.5. The van der Waals surface area contributed by atoms with Gasteiger partial charge in [0, 0.05) is 11.5 Å². The van der Waals surface area contributed by atoms with Crippen LogP contribution in [0.15, 0.2) is 0 Å². The zero-order chi connectivity index (χ0) is 13.9. The van der Waals surface area contributed by atoms with Crippen molar-refractivity contribution in [1.29, 1.82) is 0 Å². The van der Waals surface area contributed by atoms with Crippen molar-refractivity contribution in [2.75, 3.05) is 13.2 Å². The third-order valence-corrected chi connectivity index (χ3v) is 4.82. The summed E-state index contributed by atoms with van der Waals surface area (Å²) < 4.78 is 11.8. The van der Waals surface area contributed by atoms with E-state index in [9.17, 15) is 0 Å². The Hall–Kier alpha value is -0.120. The molecule has 0 bridgehead atoms. The summed E-state index contributed by atoms with van der Waals surface area (Å²) in [5, 5.41) is 0. The second-order valence-corrected chi connectivity index (χ2v) is 7.31. The smallest absolute Gasteiger partial charge is 0.0707 e. The van der Waals surface area contributed by atoms with Crippen molar-refractivity contribution in [1.82, 2.24) is 0 Å². The molecule has 2 fully saturated rings. The second-order valence-electron chi connectivity index (χ2n) is 7.31. The van der Waals surface area contributed by atoms with E-state index in [4.69, 9.17) is 15.2 Å². The van der Waals surface area contributed by atoms with Crippen molar-refractivity contribution < 1.29 is 9.47 Å². The van der Waals surface area contributed by atoms with Crippen LogP contribution in [0.2, 0.25) is 0 Å². The van der Waals surface area contributed by atoms with Crippen LogP contribution in [-0.4, -0.2) is 31.0 Å². The lowest BCUT2D eigenvalue weighted by molar-refractivity contribution is -0.149. The maximum absolute atomic E-state index is 6.31. The molecule has 0 aromatic rings. The number of nitrogens with two attached hydrogens (primary N) is 1. The summed E-state index contributed by atoms with van der Waals surface area (Å²) in [6.07, 6.45) is 9.33. The molecule has 0 amide bonds. The van der Waals surface area contributed by atoms with Gasteiger partial charge in [-0.15, -0.1) is 0 Å². The van der Waals surface area contributed by atoms with Gasteiger partial charge < -0.3 is 15.2 Å². The highest BCUT2D eigenvalue weighted by Crippen LogP contribution is 2.51. The molecule has 0 radical (unpaired) electrons. The number of ether oxygens (including phenoxy) is 2. The van der Waals surface area contributed by atoms with Gasteiger partial charge in [-0.2, -0.15) is 0 Å². The first kappa shape index (κ1) is 15.3. The summed E-state index contributed by atoms with van der Waals surface area (Å²) in [7, 11) is 0. The van der Waals surface area contributed by atoms with Gasteiger partial charge in [-0.05, 0) is 40.0 Å². The molecule has 19 heavy (non-hydrogen) atoms. The molecule has 0 aromatic heterocycles. The molecule has 2 saturated carbocycles. The molecule has 0 aliphatic heterocycles. The lowest BCUT2D eigenvalue weighted by Gasteiger charge is -2.54. The van der Waals surface area contributed by atoms with E-state index in [2.05, 4.69) is 20.8 Å². The van der Waals surface area contributed by atoms with E-state index in [1.54, 1.807) is 0 Å². The van der Waals surface area contributed by atoms with E-state index >= 15 is 0 Å². The third kappa shape index (κ3) is 3.71. The van der Waals surface area contributed by atoms with E-state index < -0.39 is 0 Å². The predicted molar refractivity (Wildman–Crippen MR) is 78.2 cm³/mol. The highest BCUT2D eigenvalue weighted by Gasteiger charge is 2.53. The highest BCUT2D eigenvalue weighted by molar-refractivity contribution is 5.06. The average molecular weight is 269 g/mol. The van der Waals surface area contributed by atoms with Crippen molar-refractivity contribution >= 4 is 0 Å². The minimum atomic E-state index is -0.0701. The van der Waals surface area contributed by atoms with Crippen LogP contribution in [0.4, 0.5) is 0 Å². The summed E-state index contributed by atoms with van der Waals surface area (Å²) in [4.78, 5) is 0. The SMILES string of the molecule is CC(C)(C)OCCOC1CC(N)C12CCCCCC2. The van der Waals surface area contributed by atoms with Gasteiger partial charge in [0.1, 0.15) is 0 Å². The first-order valence-corrected chi connectivity index (χ1v) is 7.95. The first-order valence-electron chi connectivity index (χ1n) is 7.95. The molecule has 0 aromatic carbocycles. The van der Waals surface area contributed by atoms with E-state index in [0.29, 0.717) is 25.4 Å². The molecular formula is C16H31NO2. The quantitative estimate of drug-likeness (QED) is 0.797. The summed E-state index contributed by atoms with van der Waals surface area (Å²) in [6.45, 7) is 7.64. The Kier molecular flexibility index (Phi) is 4.91. The minimum Gasteiger partial charge on any atom is -0.375 e. The van der Waals surface area contributed by atoms with E-state index in [-0.39, 0.29) is 11.0 Å². The topological polar surface area (TPSA) is 44.5 Å².